The van der Waals surface area contributed by atoms with Crippen molar-refractivity contribution >= 4 is 29.1 Å². The maximum absolute atomic E-state index is 11.0. The minimum atomic E-state index is -0.973. The van der Waals surface area contributed by atoms with Crippen LogP contribution in [-0.2, 0) is 5.41 Å². The fourth-order valence-electron chi connectivity index (χ4n) is 2.11. The van der Waals surface area contributed by atoms with Gasteiger partial charge < -0.3 is 5.11 Å². The van der Waals surface area contributed by atoms with Gasteiger partial charge in [-0.1, -0.05) is 39.0 Å². The summed E-state index contributed by atoms with van der Waals surface area (Å²) in [5.41, 5.74) is 0.779. The van der Waals surface area contributed by atoms with Crippen molar-refractivity contribution in [1.82, 2.24) is 19.7 Å². The lowest BCUT2D eigenvalue weighted by Crippen LogP contribution is -2.18. The van der Waals surface area contributed by atoms with Crippen LogP contribution in [0.5, 0.6) is 0 Å². The number of rotatable bonds is 4. The number of para-hydroxylation sites is 1. The van der Waals surface area contributed by atoms with Gasteiger partial charge >= 0.3 is 5.97 Å². The number of carboxylic acid groups (broad SMARTS) is 1. The molecule has 8 heteroatoms. The Balaban J connectivity index is 2.04. The largest absolute Gasteiger partial charge is 0.477 e. The van der Waals surface area contributed by atoms with E-state index in [0.29, 0.717) is 9.50 Å². The smallest absolute Gasteiger partial charge is 0.347 e. The molecule has 0 unspecified atom stereocenters. The number of benzene rings is 1. The van der Waals surface area contributed by atoms with Gasteiger partial charge in [-0.25, -0.2) is 9.78 Å². The van der Waals surface area contributed by atoms with Crippen LogP contribution < -0.4 is 0 Å². The van der Waals surface area contributed by atoms with E-state index in [9.17, 15) is 4.79 Å². The van der Waals surface area contributed by atoms with E-state index in [1.54, 1.807) is 0 Å². The zero-order chi connectivity index (χ0) is 17.3. The number of hydrogen-bond donors (Lipinski definition) is 1. The number of aromatic nitrogens is 4. The molecule has 0 aliphatic carbocycles. The van der Waals surface area contributed by atoms with Crippen molar-refractivity contribution in [3.63, 3.8) is 0 Å². The molecule has 0 bridgehead atoms. The van der Waals surface area contributed by atoms with E-state index in [1.165, 1.54) is 18.0 Å². The molecule has 1 aromatic carbocycles. The molecule has 0 saturated carbocycles. The number of thiazole rings is 1. The quantitative estimate of drug-likeness (QED) is 0.761. The van der Waals surface area contributed by atoms with Gasteiger partial charge in [0.15, 0.2) is 4.34 Å². The van der Waals surface area contributed by atoms with E-state index < -0.39 is 5.97 Å². The van der Waals surface area contributed by atoms with Crippen LogP contribution in [0.15, 0.2) is 46.0 Å². The van der Waals surface area contributed by atoms with Crippen molar-refractivity contribution in [1.29, 1.82) is 0 Å². The van der Waals surface area contributed by atoms with E-state index in [0.717, 1.165) is 22.8 Å². The molecule has 2 heterocycles. The first-order chi connectivity index (χ1) is 11.4. The van der Waals surface area contributed by atoms with Crippen molar-refractivity contribution in [2.75, 3.05) is 0 Å². The molecule has 3 aromatic rings. The Morgan fingerprint density at radius 2 is 1.92 bits per heavy atom. The van der Waals surface area contributed by atoms with E-state index in [4.69, 9.17) is 5.11 Å². The molecule has 24 heavy (non-hydrogen) atoms. The van der Waals surface area contributed by atoms with E-state index >= 15 is 0 Å². The Morgan fingerprint density at radius 3 is 2.50 bits per heavy atom. The Morgan fingerprint density at radius 1 is 1.21 bits per heavy atom. The second-order valence-electron chi connectivity index (χ2n) is 6.12. The van der Waals surface area contributed by atoms with Crippen molar-refractivity contribution in [3.05, 3.63) is 47.2 Å². The van der Waals surface area contributed by atoms with Gasteiger partial charge in [0, 0.05) is 11.1 Å². The summed E-state index contributed by atoms with van der Waals surface area (Å²) >= 11 is 2.45. The molecule has 3 rings (SSSR count). The molecular formula is C16H16N4O2S2. The molecule has 0 atom stereocenters. The predicted octanol–water partition coefficient (Wildman–Crippen LogP) is 3.87. The van der Waals surface area contributed by atoms with Gasteiger partial charge in [-0.3, -0.25) is 4.57 Å². The highest BCUT2D eigenvalue weighted by Crippen LogP contribution is 2.34. The Bertz CT molecular complexity index is 866. The maximum atomic E-state index is 11.0. The number of hydrogen-bond acceptors (Lipinski definition) is 6. The van der Waals surface area contributed by atoms with Gasteiger partial charge in [0.25, 0.3) is 0 Å². The van der Waals surface area contributed by atoms with E-state index in [2.05, 4.69) is 36.0 Å². The lowest BCUT2D eigenvalue weighted by Gasteiger charge is -2.19. The highest BCUT2D eigenvalue weighted by atomic mass is 32.2. The van der Waals surface area contributed by atoms with Crippen LogP contribution in [0.3, 0.4) is 0 Å². The molecule has 0 aliphatic rings. The van der Waals surface area contributed by atoms with Crippen LogP contribution in [0, 0.1) is 0 Å². The summed E-state index contributed by atoms with van der Waals surface area (Å²) in [6.45, 7) is 6.24. The molecule has 0 saturated heterocycles. The zero-order valence-electron chi connectivity index (χ0n) is 13.4. The van der Waals surface area contributed by atoms with Crippen molar-refractivity contribution in [2.45, 2.75) is 35.7 Å². The molecule has 0 radical (unpaired) electrons. The summed E-state index contributed by atoms with van der Waals surface area (Å²) in [5.74, 6) is -0.134. The van der Waals surface area contributed by atoms with Crippen molar-refractivity contribution < 1.29 is 9.90 Å². The topological polar surface area (TPSA) is 80.9 Å². The van der Waals surface area contributed by atoms with Gasteiger partial charge in [-0.2, -0.15) is 0 Å². The van der Waals surface area contributed by atoms with Crippen molar-refractivity contribution in [3.8, 4) is 5.69 Å². The van der Waals surface area contributed by atoms with Crippen LogP contribution in [0.1, 0.15) is 36.3 Å². The summed E-state index contributed by atoms with van der Waals surface area (Å²) in [6, 6.07) is 9.86. The van der Waals surface area contributed by atoms with Crippen LogP contribution in [0.4, 0.5) is 0 Å². The minimum absolute atomic E-state index is 0.184. The van der Waals surface area contributed by atoms with Gasteiger partial charge in [0.2, 0.25) is 5.16 Å². The van der Waals surface area contributed by atoms with Crippen LogP contribution >= 0.6 is 23.1 Å². The summed E-state index contributed by atoms with van der Waals surface area (Å²) in [7, 11) is 0. The third-order valence-corrected chi connectivity index (χ3v) is 5.20. The minimum Gasteiger partial charge on any atom is -0.477 e. The monoisotopic (exact) mass is 360 g/mol. The summed E-state index contributed by atoms with van der Waals surface area (Å²) in [5, 5.41) is 18.4. The third-order valence-electron chi connectivity index (χ3n) is 3.19. The molecule has 0 fully saturated rings. The number of carbonyl (C=O) groups is 1. The number of aromatic carboxylic acids is 1. The Hall–Kier alpha value is -2.19. The van der Waals surface area contributed by atoms with E-state index in [-0.39, 0.29) is 10.3 Å². The SMILES string of the molecule is CC(C)(C)c1nnc(Sc2ncc(C(=O)O)s2)n1-c1ccccc1. The lowest BCUT2D eigenvalue weighted by molar-refractivity contribution is 0.0702. The predicted molar refractivity (Wildman–Crippen MR) is 93.3 cm³/mol. The number of nitrogens with zero attached hydrogens (tertiary/aromatic N) is 4. The average Bonchev–Trinajstić information content (AvgIpc) is 3.15. The van der Waals surface area contributed by atoms with E-state index in [1.807, 2.05) is 34.9 Å². The standard InChI is InChI=1S/C16H16N4O2S2/c1-16(2,3)13-18-19-14(20(13)10-7-5-4-6-8-10)24-15-17-9-11(23-15)12(21)22/h4-9H,1-3H3,(H,21,22). The van der Waals surface area contributed by atoms with Gasteiger partial charge in [-0.05, 0) is 23.9 Å². The summed E-state index contributed by atoms with van der Waals surface area (Å²) in [4.78, 5) is 15.4. The Kier molecular flexibility index (Phi) is 4.42. The molecule has 124 valence electrons. The van der Waals surface area contributed by atoms with Crippen LogP contribution in [-0.4, -0.2) is 30.8 Å². The normalized spacial score (nSPS) is 11.6. The summed E-state index contributed by atoms with van der Waals surface area (Å²) < 4.78 is 2.62. The van der Waals surface area contributed by atoms with Gasteiger partial charge in [0.05, 0.1) is 6.20 Å². The first-order valence-electron chi connectivity index (χ1n) is 7.24. The Labute approximate surface area is 147 Å². The van der Waals surface area contributed by atoms with Gasteiger partial charge in [-0.15, -0.1) is 21.5 Å². The molecule has 0 spiro atoms. The highest BCUT2D eigenvalue weighted by molar-refractivity contribution is 8.00. The first-order valence-corrected chi connectivity index (χ1v) is 8.88. The van der Waals surface area contributed by atoms with Crippen molar-refractivity contribution in [2.24, 2.45) is 0 Å². The third kappa shape index (κ3) is 3.34. The fourth-order valence-corrected chi connectivity index (χ4v) is 3.89. The lowest BCUT2D eigenvalue weighted by atomic mass is 9.95. The second kappa shape index (κ2) is 6.37. The maximum Gasteiger partial charge on any atom is 0.347 e. The molecule has 0 amide bonds. The molecule has 1 N–H and O–H groups in total. The molecule has 2 aromatic heterocycles. The average molecular weight is 360 g/mol. The molecule has 6 nitrogen and oxygen atoms in total. The van der Waals surface area contributed by atoms with Crippen LogP contribution in [0.2, 0.25) is 0 Å². The molecular weight excluding hydrogens is 344 g/mol. The highest BCUT2D eigenvalue weighted by Gasteiger charge is 2.25. The fraction of sp³-hybridized carbons (Fsp3) is 0.250. The molecule has 0 aliphatic heterocycles. The second-order valence-corrected chi connectivity index (χ2v) is 8.37. The number of carboxylic acids is 1. The first kappa shape index (κ1) is 16.7. The van der Waals surface area contributed by atoms with Gasteiger partial charge in [0.1, 0.15) is 10.7 Å². The van der Waals surface area contributed by atoms with Crippen LogP contribution in [0.25, 0.3) is 5.69 Å². The summed E-state index contributed by atoms with van der Waals surface area (Å²) in [6.07, 6.45) is 1.36. The zero-order valence-corrected chi connectivity index (χ0v) is 15.1.